The smallest absolute Gasteiger partial charge is 0.142 e. The topological polar surface area (TPSA) is 38.9 Å². The van der Waals surface area contributed by atoms with Gasteiger partial charge in [-0.05, 0) is 24.6 Å². The lowest BCUT2D eigenvalue weighted by molar-refractivity contribution is 0.630. The van der Waals surface area contributed by atoms with Gasteiger partial charge in [0, 0.05) is 17.3 Å². The second kappa shape index (κ2) is 4.10. The minimum absolute atomic E-state index is 0.248. The van der Waals surface area contributed by atoms with Crippen molar-refractivity contribution >= 4 is 17.4 Å². The molecular formula is C12H10ClFN2. The van der Waals surface area contributed by atoms with Gasteiger partial charge in [-0.2, -0.15) is 0 Å². The minimum Gasteiger partial charge on any atom is -0.382 e. The molecule has 0 fully saturated rings. The highest BCUT2D eigenvalue weighted by molar-refractivity contribution is 6.33. The van der Waals surface area contributed by atoms with Crippen LogP contribution in [0.1, 0.15) is 5.56 Å². The van der Waals surface area contributed by atoms with E-state index in [1.165, 1.54) is 12.3 Å². The fourth-order valence-corrected chi connectivity index (χ4v) is 1.62. The number of halogens is 2. The van der Waals surface area contributed by atoms with E-state index in [1.54, 1.807) is 12.1 Å². The molecule has 1 aromatic heterocycles. The molecule has 0 spiro atoms. The maximum atomic E-state index is 13.7. The number of aromatic nitrogens is 1. The summed E-state index contributed by atoms with van der Waals surface area (Å²) in [5.74, 6) is -0.0411. The number of benzene rings is 1. The van der Waals surface area contributed by atoms with Gasteiger partial charge in [-0.25, -0.2) is 9.37 Å². The van der Waals surface area contributed by atoms with Crippen LogP contribution in [0, 0.1) is 12.7 Å². The highest BCUT2D eigenvalue weighted by Crippen LogP contribution is 2.27. The minimum atomic E-state index is -0.289. The van der Waals surface area contributed by atoms with Crippen molar-refractivity contribution in [3.63, 3.8) is 0 Å². The van der Waals surface area contributed by atoms with Crippen molar-refractivity contribution in [3.8, 4) is 11.1 Å². The molecule has 2 nitrogen and oxygen atoms in total. The van der Waals surface area contributed by atoms with Gasteiger partial charge in [0.2, 0.25) is 0 Å². The van der Waals surface area contributed by atoms with Crippen LogP contribution in [0.15, 0.2) is 30.5 Å². The van der Waals surface area contributed by atoms with Crippen LogP contribution in [0.3, 0.4) is 0 Å². The number of rotatable bonds is 1. The Morgan fingerprint density at radius 1 is 1.31 bits per heavy atom. The van der Waals surface area contributed by atoms with Crippen molar-refractivity contribution in [2.24, 2.45) is 0 Å². The summed E-state index contributed by atoms with van der Waals surface area (Å²) in [7, 11) is 0. The van der Waals surface area contributed by atoms with E-state index < -0.39 is 0 Å². The van der Waals surface area contributed by atoms with Gasteiger partial charge < -0.3 is 5.73 Å². The van der Waals surface area contributed by atoms with E-state index >= 15 is 0 Å². The Kier molecular flexibility index (Phi) is 2.79. The molecule has 0 aliphatic carbocycles. The lowest BCUT2D eigenvalue weighted by Crippen LogP contribution is -1.92. The summed E-state index contributed by atoms with van der Waals surface area (Å²) in [6.07, 6.45) is 1.51. The Labute approximate surface area is 97.9 Å². The molecule has 2 N–H and O–H groups in total. The molecule has 0 unspecified atom stereocenters. The number of aryl methyl sites for hydroxylation is 1. The number of anilines is 1. The van der Waals surface area contributed by atoms with Crippen LogP contribution >= 0.6 is 11.6 Å². The van der Waals surface area contributed by atoms with E-state index in [1.807, 2.05) is 13.0 Å². The van der Waals surface area contributed by atoms with E-state index in [-0.39, 0.29) is 11.6 Å². The first-order valence-electron chi connectivity index (χ1n) is 4.75. The van der Waals surface area contributed by atoms with Gasteiger partial charge in [-0.3, -0.25) is 0 Å². The molecule has 2 aromatic rings. The van der Waals surface area contributed by atoms with Crippen molar-refractivity contribution < 1.29 is 4.39 Å². The van der Waals surface area contributed by atoms with Crippen LogP contribution in [0.4, 0.5) is 10.2 Å². The largest absolute Gasteiger partial charge is 0.382 e. The summed E-state index contributed by atoms with van der Waals surface area (Å²) >= 11 is 5.84. The predicted molar refractivity (Wildman–Crippen MR) is 63.8 cm³/mol. The third kappa shape index (κ3) is 1.99. The first-order chi connectivity index (χ1) is 7.58. The van der Waals surface area contributed by atoms with Crippen molar-refractivity contribution in [2.75, 3.05) is 5.73 Å². The van der Waals surface area contributed by atoms with Gasteiger partial charge >= 0.3 is 0 Å². The molecule has 1 aromatic carbocycles. The molecule has 0 aliphatic heterocycles. The molecule has 1 heterocycles. The van der Waals surface area contributed by atoms with Crippen LogP contribution in [0.2, 0.25) is 5.02 Å². The Bertz CT molecular complexity index is 541. The Hall–Kier alpha value is -1.61. The summed E-state index contributed by atoms with van der Waals surface area (Å²) in [4.78, 5) is 3.90. The fraction of sp³-hybridized carbons (Fsp3) is 0.0833. The van der Waals surface area contributed by atoms with Crippen LogP contribution in [-0.4, -0.2) is 4.98 Å². The number of hydrogen-bond donors (Lipinski definition) is 1. The SMILES string of the molecule is Cc1ccc(-c2cnc(N)c(Cl)c2)c(F)c1. The summed E-state index contributed by atoms with van der Waals surface area (Å²) < 4.78 is 13.7. The third-order valence-corrected chi connectivity index (χ3v) is 2.61. The van der Waals surface area contributed by atoms with E-state index in [4.69, 9.17) is 17.3 Å². The zero-order chi connectivity index (χ0) is 11.7. The molecule has 4 heteroatoms. The Morgan fingerprint density at radius 2 is 2.06 bits per heavy atom. The van der Waals surface area contributed by atoms with Crippen LogP contribution in [-0.2, 0) is 0 Å². The van der Waals surface area contributed by atoms with Crippen molar-refractivity contribution in [3.05, 3.63) is 46.9 Å². The predicted octanol–water partition coefficient (Wildman–Crippen LogP) is 3.43. The quantitative estimate of drug-likeness (QED) is 0.824. The van der Waals surface area contributed by atoms with Crippen molar-refractivity contribution in [1.29, 1.82) is 0 Å². The number of pyridine rings is 1. The number of nitrogen functional groups attached to an aromatic ring is 1. The molecule has 82 valence electrons. The van der Waals surface area contributed by atoms with Gasteiger partial charge in [-0.15, -0.1) is 0 Å². The van der Waals surface area contributed by atoms with Crippen molar-refractivity contribution in [1.82, 2.24) is 4.98 Å². The highest BCUT2D eigenvalue weighted by Gasteiger charge is 2.07. The standard InChI is InChI=1S/C12H10ClFN2/c1-7-2-3-9(11(14)4-7)8-5-10(13)12(15)16-6-8/h2-6H,1H3,(H2,15,16). The highest BCUT2D eigenvalue weighted by atomic mass is 35.5. The summed E-state index contributed by atoms with van der Waals surface area (Å²) in [6.45, 7) is 1.83. The lowest BCUT2D eigenvalue weighted by atomic mass is 10.1. The first kappa shape index (κ1) is 10.9. The van der Waals surface area contributed by atoms with Crippen LogP contribution in [0.25, 0.3) is 11.1 Å². The maximum Gasteiger partial charge on any atom is 0.142 e. The molecule has 0 radical (unpaired) electrons. The van der Waals surface area contributed by atoms with Crippen molar-refractivity contribution in [2.45, 2.75) is 6.92 Å². The van der Waals surface area contributed by atoms with Crippen LogP contribution in [0.5, 0.6) is 0 Å². The number of nitrogens with zero attached hydrogens (tertiary/aromatic N) is 1. The molecule has 0 atom stereocenters. The van der Waals surface area contributed by atoms with E-state index in [0.717, 1.165) is 5.56 Å². The Morgan fingerprint density at radius 3 is 2.69 bits per heavy atom. The van der Waals surface area contributed by atoms with E-state index in [0.29, 0.717) is 16.1 Å². The zero-order valence-corrected chi connectivity index (χ0v) is 9.42. The summed E-state index contributed by atoms with van der Waals surface area (Å²) in [5, 5.41) is 0.331. The molecule has 0 amide bonds. The third-order valence-electron chi connectivity index (χ3n) is 2.31. The summed E-state index contributed by atoms with van der Waals surface area (Å²) in [6, 6.07) is 6.62. The monoisotopic (exact) mass is 236 g/mol. The van der Waals surface area contributed by atoms with Crippen LogP contribution < -0.4 is 5.73 Å². The van der Waals surface area contributed by atoms with Gasteiger partial charge in [0.15, 0.2) is 0 Å². The second-order valence-corrected chi connectivity index (χ2v) is 3.98. The molecule has 0 saturated carbocycles. The fourth-order valence-electron chi connectivity index (χ4n) is 1.45. The zero-order valence-electron chi connectivity index (χ0n) is 8.67. The number of nitrogens with two attached hydrogens (primary N) is 1. The molecular weight excluding hydrogens is 227 g/mol. The van der Waals surface area contributed by atoms with Gasteiger partial charge in [-0.1, -0.05) is 23.7 Å². The van der Waals surface area contributed by atoms with Gasteiger partial charge in [0.1, 0.15) is 11.6 Å². The number of hydrogen-bond acceptors (Lipinski definition) is 2. The summed E-state index contributed by atoms with van der Waals surface area (Å²) in [5.41, 5.74) is 7.46. The average Bonchev–Trinajstić information content (AvgIpc) is 2.22. The second-order valence-electron chi connectivity index (χ2n) is 3.57. The lowest BCUT2D eigenvalue weighted by Gasteiger charge is -2.05. The van der Waals surface area contributed by atoms with E-state index in [2.05, 4.69) is 4.98 Å². The molecule has 2 rings (SSSR count). The molecule has 16 heavy (non-hydrogen) atoms. The first-order valence-corrected chi connectivity index (χ1v) is 5.13. The van der Waals surface area contributed by atoms with Gasteiger partial charge in [0.25, 0.3) is 0 Å². The maximum absolute atomic E-state index is 13.7. The average molecular weight is 237 g/mol. The molecule has 0 bridgehead atoms. The molecule has 0 aliphatic rings. The Balaban J connectivity index is 2.54. The van der Waals surface area contributed by atoms with E-state index in [9.17, 15) is 4.39 Å². The van der Waals surface area contributed by atoms with Gasteiger partial charge in [0.05, 0.1) is 5.02 Å². The molecule has 0 saturated heterocycles. The normalized spacial score (nSPS) is 10.4.